The number of hydrogen-bond donors (Lipinski definition) is 2. The highest BCUT2D eigenvalue weighted by Crippen LogP contribution is 2.60. The Hall–Kier alpha value is -1.35. The first kappa shape index (κ1) is 16.1. The van der Waals surface area contributed by atoms with Crippen molar-refractivity contribution in [3.63, 3.8) is 0 Å². The second kappa shape index (κ2) is 6.51. The quantitative estimate of drug-likeness (QED) is 0.834. The van der Waals surface area contributed by atoms with Crippen LogP contribution in [0.15, 0.2) is 30.3 Å². The molecule has 4 fully saturated rings. The van der Waals surface area contributed by atoms with Crippen molar-refractivity contribution in [3.05, 3.63) is 35.9 Å². The lowest BCUT2D eigenvalue weighted by atomic mass is 9.49. The average molecular weight is 327 g/mol. The maximum absolute atomic E-state index is 13.3. The number of nitrogens with one attached hydrogen (secondary N) is 1. The zero-order valence-electron chi connectivity index (χ0n) is 14.4. The minimum Gasteiger partial charge on any atom is -0.396 e. The van der Waals surface area contributed by atoms with Crippen molar-refractivity contribution in [2.45, 2.75) is 57.4 Å². The van der Waals surface area contributed by atoms with Gasteiger partial charge in [-0.25, -0.2) is 0 Å². The van der Waals surface area contributed by atoms with E-state index in [0.29, 0.717) is 0 Å². The molecule has 3 nitrogen and oxygen atoms in total. The molecule has 0 radical (unpaired) electrons. The number of hydrogen-bond acceptors (Lipinski definition) is 2. The maximum Gasteiger partial charge on any atom is 0.226 e. The van der Waals surface area contributed by atoms with Gasteiger partial charge in [-0.05, 0) is 74.7 Å². The van der Waals surface area contributed by atoms with E-state index in [1.54, 1.807) is 0 Å². The van der Waals surface area contributed by atoms with Crippen LogP contribution in [-0.4, -0.2) is 17.6 Å². The second-order valence-electron chi connectivity index (χ2n) is 8.50. The summed E-state index contributed by atoms with van der Waals surface area (Å²) in [5.41, 5.74) is 1.06. The summed E-state index contributed by atoms with van der Waals surface area (Å²) in [7, 11) is 0. The van der Waals surface area contributed by atoms with E-state index in [9.17, 15) is 9.90 Å². The standard InChI is InChI=1S/C21H29NO2/c23-8-4-7-19(18-5-2-1-3-6-18)22-20(24)21-12-15-9-16(13-21)11-17(10-15)14-21/h1-3,5-6,15-17,19,23H,4,7-14H2,(H,22,24). The number of amides is 1. The summed E-state index contributed by atoms with van der Waals surface area (Å²) in [5, 5.41) is 12.6. The predicted octanol–water partition coefficient (Wildman–Crippen LogP) is 3.83. The molecule has 24 heavy (non-hydrogen) atoms. The van der Waals surface area contributed by atoms with Gasteiger partial charge in [0, 0.05) is 12.0 Å². The van der Waals surface area contributed by atoms with Crippen molar-refractivity contribution < 1.29 is 9.90 Å². The number of carbonyl (C=O) groups excluding carboxylic acids is 1. The van der Waals surface area contributed by atoms with E-state index in [0.717, 1.165) is 55.4 Å². The van der Waals surface area contributed by atoms with Crippen molar-refractivity contribution >= 4 is 5.91 Å². The molecule has 2 N–H and O–H groups in total. The fraction of sp³-hybridized carbons (Fsp3) is 0.667. The molecule has 0 heterocycles. The molecular formula is C21H29NO2. The fourth-order valence-corrected chi connectivity index (χ4v) is 6.00. The van der Waals surface area contributed by atoms with Crippen molar-refractivity contribution in [2.75, 3.05) is 6.61 Å². The Balaban J connectivity index is 1.51. The SMILES string of the molecule is O=C(NC(CCCO)c1ccccc1)C12CC3CC(CC(C3)C1)C2. The van der Waals surface area contributed by atoms with Crippen LogP contribution in [0.3, 0.4) is 0 Å². The van der Waals surface area contributed by atoms with Crippen LogP contribution in [0.5, 0.6) is 0 Å². The van der Waals surface area contributed by atoms with E-state index in [1.165, 1.54) is 19.3 Å². The number of aliphatic hydroxyl groups is 1. The van der Waals surface area contributed by atoms with Crippen LogP contribution in [0.25, 0.3) is 0 Å². The van der Waals surface area contributed by atoms with Gasteiger partial charge in [0.15, 0.2) is 0 Å². The molecule has 0 aliphatic heterocycles. The van der Waals surface area contributed by atoms with Gasteiger partial charge in [-0.1, -0.05) is 30.3 Å². The van der Waals surface area contributed by atoms with E-state index in [4.69, 9.17) is 0 Å². The zero-order valence-corrected chi connectivity index (χ0v) is 14.4. The monoisotopic (exact) mass is 327 g/mol. The van der Waals surface area contributed by atoms with Crippen molar-refractivity contribution in [2.24, 2.45) is 23.2 Å². The third kappa shape index (κ3) is 2.99. The lowest BCUT2D eigenvalue weighted by molar-refractivity contribution is -0.147. The first-order valence-electron chi connectivity index (χ1n) is 9.65. The van der Waals surface area contributed by atoms with Gasteiger partial charge in [0.05, 0.1) is 6.04 Å². The average Bonchev–Trinajstić information content (AvgIpc) is 2.58. The van der Waals surface area contributed by atoms with Crippen LogP contribution in [0.4, 0.5) is 0 Å². The van der Waals surface area contributed by atoms with Gasteiger partial charge in [0.25, 0.3) is 0 Å². The molecule has 4 aliphatic carbocycles. The zero-order chi connectivity index (χ0) is 16.6. The predicted molar refractivity (Wildman–Crippen MR) is 94.3 cm³/mol. The van der Waals surface area contributed by atoms with E-state index < -0.39 is 0 Å². The normalized spacial score (nSPS) is 35.0. The summed E-state index contributed by atoms with van der Waals surface area (Å²) >= 11 is 0. The van der Waals surface area contributed by atoms with Crippen LogP contribution in [-0.2, 0) is 4.79 Å². The molecule has 0 saturated heterocycles. The topological polar surface area (TPSA) is 49.3 Å². The summed E-state index contributed by atoms with van der Waals surface area (Å²) in [5.74, 6) is 2.65. The van der Waals surface area contributed by atoms with Gasteiger partial charge in [-0.15, -0.1) is 0 Å². The highest BCUT2D eigenvalue weighted by atomic mass is 16.3. The molecule has 4 aliphatic rings. The summed E-state index contributed by atoms with van der Waals surface area (Å²) in [6.07, 6.45) is 8.92. The molecule has 1 unspecified atom stereocenters. The van der Waals surface area contributed by atoms with Gasteiger partial charge >= 0.3 is 0 Å². The molecule has 1 atom stereocenters. The summed E-state index contributed by atoms with van der Waals surface area (Å²) in [4.78, 5) is 13.3. The van der Waals surface area contributed by atoms with Gasteiger partial charge in [0.1, 0.15) is 0 Å². The molecule has 3 heteroatoms. The van der Waals surface area contributed by atoms with Gasteiger partial charge in [0.2, 0.25) is 5.91 Å². The molecule has 4 bridgehead atoms. The van der Waals surface area contributed by atoms with Crippen LogP contribution in [0.2, 0.25) is 0 Å². The minimum absolute atomic E-state index is 0.0267. The van der Waals surface area contributed by atoms with Crippen molar-refractivity contribution in [3.8, 4) is 0 Å². The molecule has 1 aromatic carbocycles. The van der Waals surface area contributed by atoms with Crippen LogP contribution >= 0.6 is 0 Å². The Kier molecular flexibility index (Phi) is 4.38. The van der Waals surface area contributed by atoms with Gasteiger partial charge in [-0.2, -0.15) is 0 Å². The number of rotatable bonds is 6. The molecular weight excluding hydrogens is 298 g/mol. The Morgan fingerprint density at radius 1 is 1.08 bits per heavy atom. The Bertz CT molecular complexity index is 547. The maximum atomic E-state index is 13.3. The molecule has 0 spiro atoms. The third-order valence-electron chi connectivity index (χ3n) is 6.68. The van der Waals surface area contributed by atoms with Crippen LogP contribution in [0, 0.1) is 23.2 Å². The second-order valence-corrected chi connectivity index (χ2v) is 8.50. The fourth-order valence-electron chi connectivity index (χ4n) is 6.00. The van der Waals surface area contributed by atoms with Crippen molar-refractivity contribution in [1.29, 1.82) is 0 Å². The first-order chi connectivity index (χ1) is 11.7. The molecule has 0 aromatic heterocycles. The lowest BCUT2D eigenvalue weighted by Crippen LogP contribution is -2.54. The van der Waals surface area contributed by atoms with Crippen LogP contribution < -0.4 is 5.32 Å². The molecule has 4 saturated carbocycles. The molecule has 1 amide bonds. The largest absolute Gasteiger partial charge is 0.396 e. The van der Waals surface area contributed by atoms with E-state index in [2.05, 4.69) is 17.4 Å². The minimum atomic E-state index is -0.0962. The highest BCUT2D eigenvalue weighted by Gasteiger charge is 2.54. The molecule has 1 aromatic rings. The van der Waals surface area contributed by atoms with E-state index >= 15 is 0 Å². The third-order valence-corrected chi connectivity index (χ3v) is 6.68. The summed E-state index contributed by atoms with van der Waals surface area (Å²) in [6.45, 7) is 0.177. The summed E-state index contributed by atoms with van der Waals surface area (Å²) in [6, 6.07) is 10.3. The van der Waals surface area contributed by atoms with E-state index in [1.807, 2.05) is 18.2 Å². The Morgan fingerprint density at radius 3 is 2.21 bits per heavy atom. The summed E-state index contributed by atoms with van der Waals surface area (Å²) < 4.78 is 0. The van der Waals surface area contributed by atoms with Gasteiger partial charge < -0.3 is 10.4 Å². The number of benzene rings is 1. The van der Waals surface area contributed by atoms with E-state index in [-0.39, 0.29) is 24.0 Å². The number of carbonyl (C=O) groups is 1. The highest BCUT2D eigenvalue weighted by molar-refractivity contribution is 5.83. The Morgan fingerprint density at radius 2 is 1.67 bits per heavy atom. The number of aliphatic hydroxyl groups excluding tert-OH is 1. The Labute approximate surface area is 144 Å². The van der Waals surface area contributed by atoms with Crippen LogP contribution in [0.1, 0.15) is 63.0 Å². The lowest BCUT2D eigenvalue weighted by Gasteiger charge is -2.55. The molecule has 5 rings (SSSR count). The molecule has 130 valence electrons. The smallest absolute Gasteiger partial charge is 0.226 e. The van der Waals surface area contributed by atoms with Crippen molar-refractivity contribution in [1.82, 2.24) is 5.32 Å². The first-order valence-corrected chi connectivity index (χ1v) is 9.65. The van der Waals surface area contributed by atoms with Gasteiger partial charge in [-0.3, -0.25) is 4.79 Å².